The summed E-state index contributed by atoms with van der Waals surface area (Å²) in [5.74, 6) is -0.406. The quantitative estimate of drug-likeness (QED) is 0.537. The molecule has 0 aliphatic carbocycles. The van der Waals surface area contributed by atoms with Crippen LogP contribution in [-0.4, -0.2) is 41.7 Å². The molecule has 2 aromatic heterocycles. The lowest BCUT2D eigenvalue weighted by molar-refractivity contribution is 0.0600. The number of aromatic nitrogens is 1. The molecule has 1 aliphatic rings. The largest absolute Gasteiger partial charge is 0.465 e. The molecule has 8 heteroatoms. The minimum absolute atomic E-state index is 0.157. The highest BCUT2D eigenvalue weighted by Gasteiger charge is 2.28. The number of methoxy groups -OCH3 is 1. The summed E-state index contributed by atoms with van der Waals surface area (Å²) in [6.07, 6.45) is 5.08. The number of carbonyl (C=O) groups is 2. The second-order valence-electron chi connectivity index (χ2n) is 7.82. The van der Waals surface area contributed by atoms with Crippen molar-refractivity contribution in [1.29, 1.82) is 0 Å². The molecule has 1 aromatic carbocycles. The van der Waals surface area contributed by atoms with E-state index in [4.69, 9.17) is 4.74 Å². The van der Waals surface area contributed by atoms with Crippen LogP contribution in [0.25, 0.3) is 5.00 Å². The molecular weight excluding hydrogens is 424 g/mol. The van der Waals surface area contributed by atoms with Crippen molar-refractivity contribution in [3.63, 3.8) is 0 Å². The Hall–Kier alpha value is -3.10. The van der Waals surface area contributed by atoms with Crippen molar-refractivity contribution in [1.82, 2.24) is 14.8 Å². The van der Waals surface area contributed by atoms with Crippen LogP contribution in [0.3, 0.4) is 0 Å². The van der Waals surface area contributed by atoms with Gasteiger partial charge in [0.15, 0.2) is 0 Å². The van der Waals surface area contributed by atoms with Gasteiger partial charge in [-0.15, -0.1) is 11.3 Å². The Morgan fingerprint density at radius 1 is 1.19 bits per heavy atom. The summed E-state index contributed by atoms with van der Waals surface area (Å²) >= 11 is 1.81. The number of amides is 2. The van der Waals surface area contributed by atoms with Crippen LogP contribution in [0.15, 0.2) is 48.8 Å². The third-order valence-corrected chi connectivity index (χ3v) is 7.03. The van der Waals surface area contributed by atoms with Crippen molar-refractivity contribution >= 4 is 29.0 Å². The second-order valence-corrected chi connectivity index (χ2v) is 8.90. The maximum absolute atomic E-state index is 12.7. The lowest BCUT2D eigenvalue weighted by Gasteiger charge is -2.26. The van der Waals surface area contributed by atoms with E-state index in [1.165, 1.54) is 23.1 Å². The molecule has 168 valence electrons. The Kier molecular flexibility index (Phi) is 6.62. The van der Waals surface area contributed by atoms with E-state index in [0.717, 1.165) is 31.1 Å². The van der Waals surface area contributed by atoms with Crippen LogP contribution in [0.2, 0.25) is 0 Å². The van der Waals surface area contributed by atoms with Gasteiger partial charge in [0.1, 0.15) is 5.00 Å². The fourth-order valence-electron chi connectivity index (χ4n) is 4.09. The first-order valence-electron chi connectivity index (χ1n) is 10.8. The van der Waals surface area contributed by atoms with Crippen LogP contribution in [0.1, 0.15) is 46.3 Å². The molecule has 0 saturated carbocycles. The molecule has 0 spiro atoms. The highest BCUT2D eigenvalue weighted by Crippen LogP contribution is 2.39. The van der Waals surface area contributed by atoms with Gasteiger partial charge in [-0.25, -0.2) is 9.59 Å². The third kappa shape index (κ3) is 4.56. The van der Waals surface area contributed by atoms with Gasteiger partial charge in [0.05, 0.1) is 18.7 Å². The number of benzene rings is 1. The number of esters is 1. The molecule has 7 nitrogen and oxygen atoms in total. The van der Waals surface area contributed by atoms with Gasteiger partial charge in [-0.2, -0.15) is 0 Å². The lowest BCUT2D eigenvalue weighted by atomic mass is 9.98. The Morgan fingerprint density at radius 2 is 1.91 bits per heavy atom. The molecule has 3 aromatic rings. The van der Waals surface area contributed by atoms with E-state index in [1.807, 2.05) is 42.8 Å². The normalized spacial score (nSPS) is 14.5. The molecule has 2 amide bonds. The SMILES string of the molecule is CCN1CCc2c(sc(-n3cccc3)c2[C@@H](C)NC(=O)Nc2ccc(C(=O)OC)cc2)C1. The summed E-state index contributed by atoms with van der Waals surface area (Å²) in [4.78, 5) is 28.1. The van der Waals surface area contributed by atoms with E-state index in [-0.39, 0.29) is 12.1 Å². The molecule has 0 radical (unpaired) electrons. The van der Waals surface area contributed by atoms with E-state index in [1.54, 1.807) is 24.3 Å². The molecule has 1 aliphatic heterocycles. The minimum Gasteiger partial charge on any atom is -0.465 e. The average Bonchev–Trinajstić information content (AvgIpc) is 3.46. The average molecular weight is 453 g/mol. The number of rotatable bonds is 6. The molecule has 1 atom stereocenters. The minimum atomic E-state index is -0.406. The van der Waals surface area contributed by atoms with Crippen LogP contribution >= 0.6 is 11.3 Å². The van der Waals surface area contributed by atoms with E-state index in [2.05, 4.69) is 27.0 Å². The first-order chi connectivity index (χ1) is 15.5. The zero-order valence-electron chi connectivity index (χ0n) is 18.6. The highest BCUT2D eigenvalue weighted by molar-refractivity contribution is 7.15. The zero-order chi connectivity index (χ0) is 22.7. The highest BCUT2D eigenvalue weighted by atomic mass is 32.1. The lowest BCUT2D eigenvalue weighted by Crippen LogP contribution is -2.33. The Bertz CT molecular complexity index is 1090. The van der Waals surface area contributed by atoms with Crippen molar-refractivity contribution in [2.75, 3.05) is 25.5 Å². The number of thiophene rings is 1. The fraction of sp³-hybridized carbons (Fsp3) is 0.333. The number of anilines is 1. The number of likely N-dealkylation sites (N-methyl/N-ethyl adjacent to an activating group) is 1. The van der Waals surface area contributed by atoms with E-state index in [0.29, 0.717) is 11.3 Å². The summed E-state index contributed by atoms with van der Waals surface area (Å²) in [5, 5.41) is 7.11. The summed E-state index contributed by atoms with van der Waals surface area (Å²) < 4.78 is 6.84. The molecule has 4 rings (SSSR count). The number of carbonyl (C=O) groups excluding carboxylic acids is 2. The van der Waals surface area contributed by atoms with Crippen LogP contribution in [0.5, 0.6) is 0 Å². The third-order valence-electron chi connectivity index (χ3n) is 5.79. The standard InChI is InChI=1S/C24H28N4O3S/c1-4-27-14-11-19-20(15-27)32-22(28-12-5-6-13-28)21(19)16(2)25-24(30)26-18-9-7-17(8-10-18)23(29)31-3/h5-10,12-13,16H,4,11,14-15H2,1-3H3,(H2,25,26,30)/t16-/m1/s1. The number of nitrogens with zero attached hydrogens (tertiary/aromatic N) is 2. The summed E-state index contributed by atoms with van der Waals surface area (Å²) in [6.45, 7) is 7.25. The number of hydrogen-bond acceptors (Lipinski definition) is 5. The topological polar surface area (TPSA) is 75.6 Å². The molecule has 32 heavy (non-hydrogen) atoms. The molecule has 0 saturated heterocycles. The molecule has 0 bridgehead atoms. The van der Waals surface area contributed by atoms with Crippen molar-refractivity contribution in [3.8, 4) is 5.00 Å². The van der Waals surface area contributed by atoms with Crippen LogP contribution < -0.4 is 10.6 Å². The Labute approximate surface area is 192 Å². The second kappa shape index (κ2) is 9.58. The summed E-state index contributed by atoms with van der Waals surface area (Å²) in [5.41, 5.74) is 3.60. The maximum atomic E-state index is 12.7. The van der Waals surface area contributed by atoms with Gasteiger partial charge >= 0.3 is 12.0 Å². The first kappa shape index (κ1) is 22.1. The van der Waals surface area contributed by atoms with Crippen LogP contribution in [-0.2, 0) is 17.7 Å². The predicted octanol–water partition coefficient (Wildman–Crippen LogP) is 4.59. The van der Waals surface area contributed by atoms with Crippen LogP contribution in [0, 0.1) is 0 Å². The van der Waals surface area contributed by atoms with Crippen molar-refractivity contribution < 1.29 is 14.3 Å². The molecular formula is C24H28N4O3S. The number of fused-ring (bicyclic) bond motifs is 1. The molecule has 3 heterocycles. The predicted molar refractivity (Wildman–Crippen MR) is 127 cm³/mol. The van der Waals surface area contributed by atoms with Crippen molar-refractivity contribution in [3.05, 3.63) is 70.4 Å². The van der Waals surface area contributed by atoms with Gasteiger partial charge in [0.2, 0.25) is 0 Å². The molecule has 0 unspecified atom stereocenters. The smallest absolute Gasteiger partial charge is 0.337 e. The van der Waals surface area contributed by atoms with Gasteiger partial charge in [-0.1, -0.05) is 6.92 Å². The van der Waals surface area contributed by atoms with Gasteiger partial charge in [-0.3, -0.25) is 4.90 Å². The van der Waals surface area contributed by atoms with Gasteiger partial charge in [0.25, 0.3) is 0 Å². The Morgan fingerprint density at radius 3 is 2.56 bits per heavy atom. The van der Waals surface area contributed by atoms with Crippen LogP contribution in [0.4, 0.5) is 10.5 Å². The zero-order valence-corrected chi connectivity index (χ0v) is 19.4. The van der Waals surface area contributed by atoms with Crippen molar-refractivity contribution in [2.45, 2.75) is 32.9 Å². The van der Waals surface area contributed by atoms with Crippen molar-refractivity contribution in [2.24, 2.45) is 0 Å². The van der Waals surface area contributed by atoms with E-state index in [9.17, 15) is 9.59 Å². The van der Waals surface area contributed by atoms with Gasteiger partial charge in [-0.05, 0) is 61.9 Å². The monoisotopic (exact) mass is 452 g/mol. The number of nitrogens with one attached hydrogen (secondary N) is 2. The first-order valence-corrected chi connectivity index (χ1v) is 11.6. The molecule has 0 fully saturated rings. The number of hydrogen-bond donors (Lipinski definition) is 2. The fourth-order valence-corrected chi connectivity index (χ4v) is 5.54. The Balaban J connectivity index is 1.52. The number of urea groups is 1. The van der Waals surface area contributed by atoms with E-state index < -0.39 is 5.97 Å². The van der Waals surface area contributed by atoms with E-state index >= 15 is 0 Å². The summed E-state index contributed by atoms with van der Waals surface area (Å²) in [7, 11) is 1.34. The maximum Gasteiger partial charge on any atom is 0.337 e. The van der Waals surface area contributed by atoms with Gasteiger partial charge in [0, 0.05) is 41.6 Å². The molecule has 2 N–H and O–H groups in total. The number of ether oxygens (including phenoxy) is 1. The summed E-state index contributed by atoms with van der Waals surface area (Å²) in [6, 6.07) is 10.2. The van der Waals surface area contributed by atoms with Gasteiger partial charge < -0.3 is 19.9 Å².